The number of rotatable bonds is 6. The van der Waals surface area contributed by atoms with Gasteiger partial charge in [-0.1, -0.05) is 102 Å². The van der Waals surface area contributed by atoms with Crippen LogP contribution in [0.1, 0.15) is 53.9 Å². The van der Waals surface area contributed by atoms with Crippen LogP contribution in [0.2, 0.25) is 5.04 Å². The molecule has 2 aromatic carbocycles. The van der Waals surface area contributed by atoms with Crippen LogP contribution < -0.4 is 10.4 Å². The summed E-state index contributed by atoms with van der Waals surface area (Å²) in [6.45, 7) is 10.9. The van der Waals surface area contributed by atoms with Crippen LogP contribution in [0.3, 0.4) is 0 Å². The molecule has 32 heavy (non-hydrogen) atoms. The molecule has 2 unspecified atom stereocenters. The van der Waals surface area contributed by atoms with Crippen LogP contribution in [-0.4, -0.2) is 20.9 Å². The average molecular weight is 451 g/mol. The topological polar surface area (TPSA) is 44.8 Å². The Morgan fingerprint density at radius 3 is 1.97 bits per heavy atom. The molecule has 1 fully saturated rings. The lowest BCUT2D eigenvalue weighted by molar-refractivity contribution is -0.172. The minimum Gasteiger partial charge on any atom is -0.507 e. The fraction of sp³-hybridized carbons (Fsp3) is 0.444. The SMILES string of the molecule is CC1(C)CCCC1(C=O)C1OC=C(O[Si](c2ccccc2)(c2ccccc2)C(C)(C)C)O1. The normalized spacial score (nSPS) is 24.9. The van der Waals surface area contributed by atoms with Gasteiger partial charge in [0.25, 0.3) is 6.29 Å². The van der Waals surface area contributed by atoms with E-state index < -0.39 is 20.0 Å². The van der Waals surface area contributed by atoms with Crippen LogP contribution in [0.25, 0.3) is 0 Å². The summed E-state index contributed by atoms with van der Waals surface area (Å²) in [6.07, 6.45) is 4.67. The van der Waals surface area contributed by atoms with Gasteiger partial charge >= 0.3 is 14.3 Å². The smallest absolute Gasteiger partial charge is 0.324 e. The fourth-order valence-corrected chi connectivity index (χ4v) is 9.79. The van der Waals surface area contributed by atoms with Crippen molar-refractivity contribution in [3.8, 4) is 0 Å². The average Bonchev–Trinajstić information content (AvgIpc) is 3.36. The van der Waals surface area contributed by atoms with Crippen molar-refractivity contribution in [2.75, 3.05) is 0 Å². The Kier molecular flexibility index (Phi) is 5.74. The summed E-state index contributed by atoms with van der Waals surface area (Å²) in [4.78, 5) is 12.3. The van der Waals surface area contributed by atoms with E-state index in [0.717, 1.165) is 35.9 Å². The third kappa shape index (κ3) is 3.47. The summed E-state index contributed by atoms with van der Waals surface area (Å²) >= 11 is 0. The van der Waals surface area contributed by atoms with Crippen molar-refractivity contribution in [1.82, 2.24) is 0 Å². The molecule has 0 spiro atoms. The number of ether oxygens (including phenoxy) is 2. The molecule has 0 bridgehead atoms. The Morgan fingerprint density at radius 2 is 1.53 bits per heavy atom. The third-order valence-electron chi connectivity index (χ3n) is 7.46. The highest BCUT2D eigenvalue weighted by Gasteiger charge is 2.59. The largest absolute Gasteiger partial charge is 0.507 e. The van der Waals surface area contributed by atoms with Crippen molar-refractivity contribution in [2.24, 2.45) is 10.8 Å². The molecule has 0 radical (unpaired) electrons. The number of benzene rings is 2. The zero-order valence-corrected chi connectivity index (χ0v) is 20.8. The van der Waals surface area contributed by atoms with Crippen LogP contribution >= 0.6 is 0 Å². The van der Waals surface area contributed by atoms with Crippen molar-refractivity contribution in [1.29, 1.82) is 0 Å². The molecule has 4 rings (SSSR count). The van der Waals surface area contributed by atoms with E-state index in [1.807, 2.05) is 12.1 Å². The molecule has 2 aliphatic rings. The molecule has 170 valence electrons. The first-order valence-corrected chi connectivity index (χ1v) is 13.4. The van der Waals surface area contributed by atoms with Crippen molar-refractivity contribution >= 4 is 25.0 Å². The zero-order chi connectivity index (χ0) is 23.0. The predicted octanol–water partition coefficient (Wildman–Crippen LogP) is 5.13. The van der Waals surface area contributed by atoms with E-state index >= 15 is 0 Å². The fourth-order valence-electron chi connectivity index (χ4n) is 5.46. The van der Waals surface area contributed by atoms with Gasteiger partial charge in [-0.15, -0.1) is 0 Å². The quantitative estimate of drug-likeness (QED) is 0.452. The second kappa shape index (κ2) is 8.11. The lowest BCUT2D eigenvalue weighted by Gasteiger charge is -2.43. The monoisotopic (exact) mass is 450 g/mol. The number of carbonyl (C=O) groups excluding carboxylic acids is 1. The Labute approximate surface area is 192 Å². The molecule has 4 nitrogen and oxygen atoms in total. The van der Waals surface area contributed by atoms with Gasteiger partial charge in [0.2, 0.25) is 0 Å². The van der Waals surface area contributed by atoms with Crippen molar-refractivity contribution in [3.05, 3.63) is 72.9 Å². The van der Waals surface area contributed by atoms with Crippen LogP contribution in [0.15, 0.2) is 72.9 Å². The predicted molar refractivity (Wildman–Crippen MR) is 129 cm³/mol. The maximum Gasteiger partial charge on any atom is 0.324 e. The van der Waals surface area contributed by atoms with Crippen LogP contribution in [0, 0.1) is 10.8 Å². The van der Waals surface area contributed by atoms with Gasteiger partial charge in [0.05, 0.1) is 0 Å². The number of carbonyl (C=O) groups is 1. The molecule has 2 aromatic rings. The van der Waals surface area contributed by atoms with E-state index in [1.54, 1.807) is 6.26 Å². The van der Waals surface area contributed by atoms with Gasteiger partial charge in [0, 0.05) is 0 Å². The minimum absolute atomic E-state index is 0.188. The number of hydrogen-bond acceptors (Lipinski definition) is 4. The Morgan fingerprint density at radius 1 is 0.969 bits per heavy atom. The highest BCUT2D eigenvalue weighted by molar-refractivity contribution is 6.99. The number of aldehydes is 1. The molecule has 0 aromatic heterocycles. The second-order valence-electron chi connectivity index (χ2n) is 10.7. The minimum atomic E-state index is -2.82. The molecule has 0 saturated heterocycles. The molecular formula is C27H34O4Si. The van der Waals surface area contributed by atoms with Gasteiger partial charge in [0.15, 0.2) is 6.26 Å². The summed E-state index contributed by atoms with van der Waals surface area (Å²) in [5.74, 6) is 0.369. The molecule has 1 aliphatic heterocycles. The number of hydrogen-bond donors (Lipinski definition) is 0. The lowest BCUT2D eigenvalue weighted by Crippen LogP contribution is -2.66. The van der Waals surface area contributed by atoms with Gasteiger partial charge in [-0.25, -0.2) is 0 Å². The van der Waals surface area contributed by atoms with Gasteiger partial charge in [-0.3, -0.25) is 0 Å². The van der Waals surface area contributed by atoms with Gasteiger partial charge in [-0.05, 0) is 33.7 Å². The summed E-state index contributed by atoms with van der Waals surface area (Å²) in [7, 11) is -2.82. The first-order chi connectivity index (χ1) is 15.2. The Hall–Kier alpha value is -2.53. The molecule has 1 saturated carbocycles. The Bertz CT molecular complexity index is 938. The van der Waals surface area contributed by atoms with E-state index in [1.165, 1.54) is 0 Å². The summed E-state index contributed by atoms with van der Waals surface area (Å²) in [5.41, 5.74) is -0.875. The van der Waals surface area contributed by atoms with Crippen LogP contribution in [0.4, 0.5) is 0 Å². The molecule has 0 N–H and O–H groups in total. The molecular weight excluding hydrogens is 416 g/mol. The highest BCUT2D eigenvalue weighted by Crippen LogP contribution is 2.55. The molecule has 1 aliphatic carbocycles. The van der Waals surface area contributed by atoms with E-state index in [4.69, 9.17) is 13.9 Å². The summed E-state index contributed by atoms with van der Waals surface area (Å²) < 4.78 is 19.2. The van der Waals surface area contributed by atoms with Crippen molar-refractivity contribution in [2.45, 2.75) is 65.2 Å². The van der Waals surface area contributed by atoms with Gasteiger partial charge in [0.1, 0.15) is 11.7 Å². The molecule has 1 heterocycles. The standard InChI is InChI=1S/C27H34O4Si/c1-25(2,3)32(21-13-8-6-9-14-21,22-15-10-7-11-16-22)31-23-19-29-24(30-23)27(20-28)18-12-17-26(27,4)5/h6-11,13-16,19-20,24H,12,17-18H2,1-5H3. The Balaban J connectivity index is 1.73. The van der Waals surface area contributed by atoms with E-state index in [2.05, 4.69) is 83.1 Å². The third-order valence-corrected chi connectivity index (χ3v) is 12.4. The highest BCUT2D eigenvalue weighted by atomic mass is 28.4. The lowest BCUT2D eigenvalue weighted by atomic mass is 9.68. The first-order valence-electron chi connectivity index (χ1n) is 11.4. The first kappa shape index (κ1) is 22.7. The van der Waals surface area contributed by atoms with Gasteiger partial charge < -0.3 is 18.7 Å². The van der Waals surface area contributed by atoms with E-state index in [0.29, 0.717) is 5.95 Å². The van der Waals surface area contributed by atoms with E-state index in [9.17, 15) is 4.79 Å². The maximum absolute atomic E-state index is 12.3. The van der Waals surface area contributed by atoms with Crippen LogP contribution in [-0.2, 0) is 18.7 Å². The molecule has 5 heteroatoms. The zero-order valence-electron chi connectivity index (χ0n) is 19.8. The molecule has 0 amide bonds. The van der Waals surface area contributed by atoms with Gasteiger partial charge in [-0.2, -0.15) is 0 Å². The maximum atomic E-state index is 12.3. The summed E-state index contributed by atoms with van der Waals surface area (Å²) in [6, 6.07) is 20.9. The van der Waals surface area contributed by atoms with Crippen LogP contribution in [0.5, 0.6) is 0 Å². The van der Waals surface area contributed by atoms with E-state index in [-0.39, 0.29) is 10.5 Å². The van der Waals surface area contributed by atoms with Crippen molar-refractivity contribution in [3.63, 3.8) is 0 Å². The van der Waals surface area contributed by atoms with Crippen molar-refractivity contribution < 1.29 is 18.7 Å². The molecule has 2 atom stereocenters. The second-order valence-corrected chi connectivity index (χ2v) is 14.9. The summed E-state index contributed by atoms with van der Waals surface area (Å²) in [5, 5.41) is 2.14.